The van der Waals surface area contributed by atoms with Crippen molar-refractivity contribution in [1.82, 2.24) is 4.31 Å². The third kappa shape index (κ3) is 3.35. The Bertz CT molecular complexity index is 501. The van der Waals surface area contributed by atoms with Gasteiger partial charge in [-0.25, -0.2) is 8.42 Å². The number of nitrogens with zero attached hydrogens (tertiary/aromatic N) is 1. The zero-order chi connectivity index (χ0) is 13.9. The number of aliphatic hydroxyl groups is 1. The standard InChI is InChI=1S/C14H21NO3S/c1-12(13-6-3-2-4-7-13)11-19(17,18)15-9-5-8-14(15)10-16/h2-4,6-7,12,14,16H,5,8-11H2,1H3/t12?,14-/m0/s1. The molecule has 0 saturated carbocycles. The molecular formula is C14H21NO3S. The lowest BCUT2D eigenvalue weighted by atomic mass is 10.0. The predicted molar refractivity (Wildman–Crippen MR) is 75.5 cm³/mol. The third-order valence-corrected chi connectivity index (χ3v) is 5.84. The highest BCUT2D eigenvalue weighted by atomic mass is 32.2. The predicted octanol–water partition coefficient (Wildman–Crippen LogP) is 1.58. The van der Waals surface area contributed by atoms with Gasteiger partial charge in [0.15, 0.2) is 0 Å². The van der Waals surface area contributed by atoms with E-state index in [1.165, 1.54) is 4.31 Å². The molecule has 0 spiro atoms. The molecule has 0 aromatic heterocycles. The number of sulfonamides is 1. The van der Waals surface area contributed by atoms with Gasteiger partial charge in [-0.3, -0.25) is 0 Å². The molecule has 19 heavy (non-hydrogen) atoms. The summed E-state index contributed by atoms with van der Waals surface area (Å²) in [7, 11) is -3.30. The Morgan fingerprint density at radius 3 is 2.68 bits per heavy atom. The lowest BCUT2D eigenvalue weighted by molar-refractivity contribution is 0.213. The van der Waals surface area contributed by atoms with Crippen molar-refractivity contribution in [1.29, 1.82) is 0 Å². The molecule has 2 atom stereocenters. The number of hydrogen-bond donors (Lipinski definition) is 1. The summed E-state index contributed by atoms with van der Waals surface area (Å²) in [6.07, 6.45) is 1.60. The molecule has 2 rings (SSSR count). The number of hydrogen-bond acceptors (Lipinski definition) is 3. The average Bonchev–Trinajstić information content (AvgIpc) is 2.88. The molecule has 5 heteroatoms. The molecule has 1 N–H and O–H groups in total. The van der Waals surface area contributed by atoms with Crippen molar-refractivity contribution >= 4 is 10.0 Å². The van der Waals surface area contributed by atoms with Crippen molar-refractivity contribution < 1.29 is 13.5 Å². The first-order valence-corrected chi connectivity index (χ1v) is 8.31. The highest BCUT2D eigenvalue weighted by Gasteiger charge is 2.34. The first-order valence-electron chi connectivity index (χ1n) is 6.70. The van der Waals surface area contributed by atoms with E-state index in [2.05, 4.69) is 0 Å². The van der Waals surface area contributed by atoms with Gasteiger partial charge in [-0.2, -0.15) is 4.31 Å². The van der Waals surface area contributed by atoms with Crippen LogP contribution < -0.4 is 0 Å². The van der Waals surface area contributed by atoms with Gasteiger partial charge in [0.05, 0.1) is 12.4 Å². The van der Waals surface area contributed by atoms with Crippen molar-refractivity contribution in [2.45, 2.75) is 31.7 Å². The molecule has 1 aliphatic heterocycles. The van der Waals surface area contributed by atoms with Gasteiger partial charge in [0, 0.05) is 12.6 Å². The normalized spacial score (nSPS) is 22.5. The minimum Gasteiger partial charge on any atom is -0.395 e. The zero-order valence-electron chi connectivity index (χ0n) is 11.2. The van der Waals surface area contributed by atoms with Crippen LogP contribution in [-0.2, 0) is 10.0 Å². The van der Waals surface area contributed by atoms with Crippen molar-refractivity contribution in [3.63, 3.8) is 0 Å². The van der Waals surface area contributed by atoms with Crippen molar-refractivity contribution in [2.24, 2.45) is 0 Å². The van der Waals surface area contributed by atoms with Gasteiger partial charge in [-0.05, 0) is 24.3 Å². The highest BCUT2D eigenvalue weighted by Crippen LogP contribution is 2.25. The molecule has 1 aliphatic rings. The fourth-order valence-electron chi connectivity index (χ4n) is 2.65. The first-order chi connectivity index (χ1) is 9.04. The SMILES string of the molecule is CC(CS(=O)(=O)N1CCC[C@H]1CO)c1ccccc1. The summed E-state index contributed by atoms with van der Waals surface area (Å²) in [5.74, 6) is 0.0687. The number of rotatable bonds is 5. The molecule has 1 heterocycles. The summed E-state index contributed by atoms with van der Waals surface area (Å²) in [6.45, 7) is 2.38. The van der Waals surface area contributed by atoms with E-state index in [4.69, 9.17) is 0 Å². The Morgan fingerprint density at radius 2 is 2.05 bits per heavy atom. The van der Waals surface area contributed by atoms with Crippen LogP contribution in [0.25, 0.3) is 0 Å². The molecule has 0 bridgehead atoms. The van der Waals surface area contributed by atoms with Gasteiger partial charge in [0.1, 0.15) is 0 Å². The number of aliphatic hydroxyl groups excluding tert-OH is 1. The second-order valence-electron chi connectivity index (χ2n) is 5.18. The Hall–Kier alpha value is -0.910. The lowest BCUT2D eigenvalue weighted by Crippen LogP contribution is -2.39. The van der Waals surface area contributed by atoms with Crippen LogP contribution in [0.5, 0.6) is 0 Å². The molecular weight excluding hydrogens is 262 g/mol. The largest absolute Gasteiger partial charge is 0.395 e. The molecule has 1 saturated heterocycles. The van der Waals surface area contributed by atoms with Gasteiger partial charge in [0.2, 0.25) is 10.0 Å². The molecule has 0 amide bonds. The maximum atomic E-state index is 12.4. The lowest BCUT2D eigenvalue weighted by Gasteiger charge is -2.24. The monoisotopic (exact) mass is 283 g/mol. The Labute approximate surface area is 115 Å². The number of benzene rings is 1. The van der Waals surface area contributed by atoms with E-state index in [1.54, 1.807) is 0 Å². The van der Waals surface area contributed by atoms with Crippen molar-refractivity contribution in [3.8, 4) is 0 Å². The van der Waals surface area contributed by atoms with Gasteiger partial charge in [-0.15, -0.1) is 0 Å². The Balaban J connectivity index is 2.09. The fraction of sp³-hybridized carbons (Fsp3) is 0.571. The van der Waals surface area contributed by atoms with E-state index in [0.717, 1.165) is 18.4 Å². The summed E-state index contributed by atoms with van der Waals surface area (Å²) >= 11 is 0. The molecule has 106 valence electrons. The van der Waals surface area contributed by atoms with E-state index in [0.29, 0.717) is 6.54 Å². The highest BCUT2D eigenvalue weighted by molar-refractivity contribution is 7.89. The van der Waals surface area contributed by atoms with Crippen LogP contribution >= 0.6 is 0 Å². The Kier molecular flexibility index (Phi) is 4.60. The van der Waals surface area contributed by atoms with Crippen LogP contribution in [0, 0.1) is 0 Å². The molecule has 1 aromatic carbocycles. The maximum Gasteiger partial charge on any atom is 0.215 e. The summed E-state index contributed by atoms with van der Waals surface area (Å²) in [6, 6.07) is 9.44. The summed E-state index contributed by atoms with van der Waals surface area (Å²) in [5, 5.41) is 9.24. The topological polar surface area (TPSA) is 57.6 Å². The Morgan fingerprint density at radius 1 is 1.37 bits per heavy atom. The molecule has 1 fully saturated rings. The average molecular weight is 283 g/mol. The molecule has 4 nitrogen and oxygen atoms in total. The van der Waals surface area contributed by atoms with Crippen LogP contribution in [0.4, 0.5) is 0 Å². The quantitative estimate of drug-likeness (QED) is 0.892. The zero-order valence-corrected chi connectivity index (χ0v) is 12.0. The van der Waals surface area contributed by atoms with Crippen molar-refractivity contribution in [3.05, 3.63) is 35.9 Å². The van der Waals surface area contributed by atoms with Crippen LogP contribution in [0.2, 0.25) is 0 Å². The van der Waals surface area contributed by atoms with E-state index in [9.17, 15) is 13.5 Å². The summed E-state index contributed by atoms with van der Waals surface area (Å²) < 4.78 is 26.3. The smallest absolute Gasteiger partial charge is 0.215 e. The van der Waals surface area contributed by atoms with E-state index >= 15 is 0 Å². The van der Waals surface area contributed by atoms with Crippen molar-refractivity contribution in [2.75, 3.05) is 18.9 Å². The second kappa shape index (κ2) is 6.03. The maximum absolute atomic E-state index is 12.4. The molecule has 1 unspecified atom stereocenters. The molecule has 1 aromatic rings. The van der Waals surface area contributed by atoms with Crippen LogP contribution in [0.3, 0.4) is 0 Å². The first kappa shape index (κ1) is 14.5. The van der Waals surface area contributed by atoms with Crippen LogP contribution in [0.15, 0.2) is 30.3 Å². The second-order valence-corrected chi connectivity index (χ2v) is 7.15. The summed E-state index contributed by atoms with van der Waals surface area (Å²) in [5.41, 5.74) is 1.03. The van der Waals surface area contributed by atoms with Crippen LogP contribution in [-0.4, -0.2) is 42.8 Å². The fourth-order valence-corrected chi connectivity index (χ4v) is 4.70. The van der Waals surface area contributed by atoms with E-state index in [-0.39, 0.29) is 24.3 Å². The minimum atomic E-state index is -3.30. The van der Waals surface area contributed by atoms with Crippen LogP contribution in [0.1, 0.15) is 31.2 Å². The summed E-state index contributed by atoms with van der Waals surface area (Å²) in [4.78, 5) is 0. The minimum absolute atomic E-state index is 0.0360. The van der Waals surface area contributed by atoms with Gasteiger partial charge in [-0.1, -0.05) is 37.3 Å². The van der Waals surface area contributed by atoms with E-state index in [1.807, 2.05) is 37.3 Å². The van der Waals surface area contributed by atoms with Gasteiger partial charge >= 0.3 is 0 Å². The van der Waals surface area contributed by atoms with Gasteiger partial charge < -0.3 is 5.11 Å². The molecule has 0 aliphatic carbocycles. The van der Waals surface area contributed by atoms with E-state index < -0.39 is 10.0 Å². The van der Waals surface area contributed by atoms with Gasteiger partial charge in [0.25, 0.3) is 0 Å². The molecule has 0 radical (unpaired) electrons. The third-order valence-electron chi connectivity index (χ3n) is 3.72.